The van der Waals surface area contributed by atoms with Crippen molar-refractivity contribution < 1.29 is 0 Å². The Labute approximate surface area is 140 Å². The van der Waals surface area contributed by atoms with Gasteiger partial charge in [0.1, 0.15) is 0 Å². The molecule has 0 saturated heterocycles. The molecule has 0 saturated carbocycles. The van der Waals surface area contributed by atoms with E-state index in [-0.39, 0.29) is 34.2 Å². The fourth-order valence-electron chi connectivity index (χ4n) is 1.92. The Morgan fingerprint density at radius 1 is 0.731 bits per heavy atom. The van der Waals surface area contributed by atoms with Crippen molar-refractivity contribution in [3.8, 4) is 0 Å². The molecule has 0 fully saturated rings. The standard InChI is InChI=1S/2C6H5N5O2/c7-6-10-4-3(5(13)11-6)9-2(12)1-8-4;7-6-10-4-3(5(13)11-6)8-1-2(12)9-4/h1H,(H,9,12)(H3,7,8,10,11,13);1H,(H4,7,9,10,11,12,13). The zero-order valence-corrected chi connectivity index (χ0v) is 12.7. The molecule has 0 aromatic carbocycles. The van der Waals surface area contributed by atoms with Crippen LogP contribution in [0.3, 0.4) is 0 Å². The zero-order chi connectivity index (χ0) is 18.8. The van der Waals surface area contributed by atoms with Crippen molar-refractivity contribution in [2.45, 2.75) is 0 Å². The highest BCUT2D eigenvalue weighted by Crippen LogP contribution is 1.97. The van der Waals surface area contributed by atoms with E-state index in [4.69, 9.17) is 11.5 Å². The molecule has 0 unspecified atom stereocenters. The molecule has 4 aromatic rings. The molecule has 0 aliphatic rings. The molecule has 0 atom stereocenters. The minimum absolute atomic E-state index is 0.0294. The lowest BCUT2D eigenvalue weighted by Crippen LogP contribution is -2.17. The maximum absolute atomic E-state index is 11.2. The van der Waals surface area contributed by atoms with Crippen molar-refractivity contribution >= 4 is 34.2 Å². The van der Waals surface area contributed by atoms with Gasteiger partial charge in [-0.15, -0.1) is 0 Å². The van der Waals surface area contributed by atoms with E-state index >= 15 is 0 Å². The number of nitrogen functional groups attached to an aromatic ring is 2. The van der Waals surface area contributed by atoms with E-state index in [1.165, 1.54) is 0 Å². The molecule has 132 valence electrons. The molecule has 14 nitrogen and oxygen atoms in total. The fraction of sp³-hybridized carbons (Fsp3) is 0. The minimum atomic E-state index is -0.507. The van der Waals surface area contributed by atoms with Gasteiger partial charge in [0.2, 0.25) is 11.9 Å². The Morgan fingerprint density at radius 2 is 1.35 bits per heavy atom. The number of hydrogen-bond donors (Lipinski definition) is 6. The number of fused-ring (bicyclic) bond motifs is 2. The number of aromatic nitrogens is 8. The maximum Gasteiger partial charge on any atom is 0.280 e. The topological polar surface area (TPSA) is 235 Å². The van der Waals surface area contributed by atoms with Crippen LogP contribution in [0.2, 0.25) is 0 Å². The smallest absolute Gasteiger partial charge is 0.280 e. The molecule has 0 amide bonds. The molecule has 26 heavy (non-hydrogen) atoms. The highest BCUT2D eigenvalue weighted by Gasteiger charge is 2.03. The van der Waals surface area contributed by atoms with Crippen LogP contribution < -0.4 is 33.7 Å². The van der Waals surface area contributed by atoms with Gasteiger partial charge in [-0.3, -0.25) is 29.1 Å². The highest BCUT2D eigenvalue weighted by atomic mass is 16.1. The highest BCUT2D eigenvalue weighted by molar-refractivity contribution is 5.69. The van der Waals surface area contributed by atoms with Crippen molar-refractivity contribution in [2.24, 2.45) is 0 Å². The summed E-state index contributed by atoms with van der Waals surface area (Å²) in [6, 6.07) is 0. The average molecular weight is 358 g/mol. The van der Waals surface area contributed by atoms with Gasteiger partial charge in [0.05, 0.1) is 12.4 Å². The van der Waals surface area contributed by atoms with Gasteiger partial charge in [0.15, 0.2) is 22.3 Å². The first-order valence-electron chi connectivity index (χ1n) is 6.83. The van der Waals surface area contributed by atoms with Crippen molar-refractivity contribution in [3.05, 3.63) is 53.8 Å². The van der Waals surface area contributed by atoms with Gasteiger partial charge < -0.3 is 21.4 Å². The van der Waals surface area contributed by atoms with E-state index in [1.807, 2.05) is 0 Å². The van der Waals surface area contributed by atoms with Crippen LogP contribution in [0.5, 0.6) is 0 Å². The van der Waals surface area contributed by atoms with Crippen LogP contribution in [0.1, 0.15) is 0 Å². The molecule has 0 spiro atoms. The van der Waals surface area contributed by atoms with Crippen LogP contribution in [0.4, 0.5) is 11.9 Å². The van der Waals surface area contributed by atoms with Gasteiger partial charge in [0.25, 0.3) is 22.2 Å². The predicted octanol–water partition coefficient (Wildman–Crippen LogP) is -2.82. The maximum atomic E-state index is 11.2. The van der Waals surface area contributed by atoms with Crippen LogP contribution in [0, 0.1) is 0 Å². The quantitative estimate of drug-likeness (QED) is 0.188. The molecular weight excluding hydrogens is 348 g/mol. The third-order valence-corrected chi connectivity index (χ3v) is 2.94. The molecule has 4 rings (SSSR count). The van der Waals surface area contributed by atoms with Gasteiger partial charge in [-0.1, -0.05) is 0 Å². The summed E-state index contributed by atoms with van der Waals surface area (Å²) in [5.74, 6) is -0.0850. The van der Waals surface area contributed by atoms with E-state index in [0.717, 1.165) is 12.4 Å². The van der Waals surface area contributed by atoms with Crippen LogP contribution in [0.15, 0.2) is 31.6 Å². The van der Waals surface area contributed by atoms with E-state index in [2.05, 4.69) is 39.9 Å². The van der Waals surface area contributed by atoms with E-state index < -0.39 is 22.2 Å². The summed E-state index contributed by atoms with van der Waals surface area (Å²) in [6.45, 7) is 0. The Bertz CT molecular complexity index is 1350. The second kappa shape index (κ2) is 6.27. The fourth-order valence-corrected chi connectivity index (χ4v) is 1.92. The summed E-state index contributed by atoms with van der Waals surface area (Å²) in [6.07, 6.45) is 2.05. The van der Waals surface area contributed by atoms with E-state index in [0.29, 0.717) is 0 Å². The first-order valence-corrected chi connectivity index (χ1v) is 6.83. The largest absolute Gasteiger partial charge is 0.369 e. The Balaban J connectivity index is 0.000000151. The first kappa shape index (κ1) is 16.5. The van der Waals surface area contributed by atoms with Gasteiger partial charge >= 0.3 is 0 Å². The monoisotopic (exact) mass is 358 g/mol. The summed E-state index contributed by atoms with van der Waals surface area (Å²) in [7, 11) is 0. The van der Waals surface area contributed by atoms with E-state index in [1.54, 1.807) is 0 Å². The number of rotatable bonds is 0. The Morgan fingerprint density at radius 3 is 2.12 bits per heavy atom. The van der Waals surface area contributed by atoms with Gasteiger partial charge in [-0.25, -0.2) is 9.97 Å². The third kappa shape index (κ3) is 3.28. The lowest BCUT2D eigenvalue weighted by atomic mass is 10.5. The molecule has 0 radical (unpaired) electrons. The van der Waals surface area contributed by atoms with Crippen molar-refractivity contribution in [1.29, 1.82) is 0 Å². The number of H-pyrrole nitrogens is 4. The van der Waals surface area contributed by atoms with Crippen LogP contribution in [0.25, 0.3) is 22.3 Å². The molecule has 14 heteroatoms. The van der Waals surface area contributed by atoms with Crippen molar-refractivity contribution in [1.82, 2.24) is 39.9 Å². The average Bonchev–Trinajstić information content (AvgIpc) is 2.55. The summed E-state index contributed by atoms with van der Waals surface area (Å²) < 4.78 is 0. The lowest BCUT2D eigenvalue weighted by Gasteiger charge is -1.95. The lowest BCUT2D eigenvalue weighted by molar-refractivity contribution is 1.10. The second-order valence-electron chi connectivity index (χ2n) is 4.79. The molecule has 0 bridgehead atoms. The zero-order valence-electron chi connectivity index (χ0n) is 12.7. The Kier molecular flexibility index (Phi) is 3.98. The summed E-state index contributed by atoms with van der Waals surface area (Å²) in [4.78, 5) is 67.7. The minimum Gasteiger partial charge on any atom is -0.369 e. The number of nitrogens with zero attached hydrogens (tertiary/aromatic N) is 4. The normalized spacial score (nSPS) is 10.5. The number of nitrogens with two attached hydrogens (primary N) is 2. The predicted molar refractivity (Wildman–Crippen MR) is 90.4 cm³/mol. The first-order chi connectivity index (χ1) is 12.3. The van der Waals surface area contributed by atoms with Crippen molar-refractivity contribution in [3.63, 3.8) is 0 Å². The van der Waals surface area contributed by atoms with Crippen molar-refractivity contribution in [2.75, 3.05) is 11.5 Å². The number of nitrogens with one attached hydrogen (secondary N) is 4. The second-order valence-corrected chi connectivity index (χ2v) is 4.79. The van der Waals surface area contributed by atoms with Crippen LogP contribution in [-0.2, 0) is 0 Å². The SMILES string of the molecule is Nc1nc2[nH]c(=O)cnc2c(=O)[nH]1.Nc1nc2ncc(=O)[nH]c2c(=O)[nH]1. The number of hydrogen-bond acceptors (Lipinski definition) is 10. The molecule has 0 aliphatic carbocycles. The Hall–Kier alpha value is -4.36. The molecule has 4 aromatic heterocycles. The summed E-state index contributed by atoms with van der Waals surface area (Å²) in [5.41, 5.74) is 8.97. The molecule has 8 N–H and O–H groups in total. The van der Waals surface area contributed by atoms with Gasteiger partial charge in [-0.05, 0) is 0 Å². The summed E-state index contributed by atoms with van der Waals surface area (Å²) in [5, 5.41) is 0. The molecule has 4 heterocycles. The molecule has 0 aliphatic heterocycles. The number of aromatic amines is 4. The summed E-state index contributed by atoms with van der Waals surface area (Å²) >= 11 is 0. The van der Waals surface area contributed by atoms with Gasteiger partial charge in [-0.2, -0.15) is 9.97 Å². The van der Waals surface area contributed by atoms with Gasteiger partial charge in [0, 0.05) is 0 Å². The number of anilines is 2. The van der Waals surface area contributed by atoms with E-state index in [9.17, 15) is 19.2 Å². The third-order valence-electron chi connectivity index (χ3n) is 2.94. The van der Waals surface area contributed by atoms with Crippen LogP contribution in [-0.4, -0.2) is 39.9 Å². The van der Waals surface area contributed by atoms with Crippen LogP contribution >= 0.6 is 0 Å². The molecular formula is C12H10N10O4.